The molecule has 7 heteroatoms. The van der Waals surface area contributed by atoms with Gasteiger partial charge in [0.15, 0.2) is 0 Å². The highest BCUT2D eigenvalue weighted by molar-refractivity contribution is 7.16. The van der Waals surface area contributed by atoms with E-state index in [1.165, 1.54) is 0 Å². The van der Waals surface area contributed by atoms with Crippen molar-refractivity contribution in [3.63, 3.8) is 0 Å². The number of amides is 1. The molecular weight excluding hydrogens is 306 g/mol. The number of carbonyl (C=O) groups excluding carboxylic acids is 2. The fraction of sp³-hybridized carbons (Fsp3) is 0.600. The zero-order valence-electron chi connectivity index (χ0n) is 13.2. The molecule has 6 nitrogen and oxygen atoms in total. The number of methoxy groups -OCH3 is 1. The van der Waals surface area contributed by atoms with Gasteiger partial charge >= 0.3 is 5.97 Å². The van der Waals surface area contributed by atoms with Gasteiger partial charge in [-0.2, -0.15) is 0 Å². The van der Waals surface area contributed by atoms with Crippen LogP contribution in [0.5, 0.6) is 5.75 Å². The average Bonchev–Trinajstić information content (AvgIpc) is 2.80. The first kappa shape index (κ1) is 18.4. The number of hydrogen-bond acceptors (Lipinski definition) is 6. The van der Waals surface area contributed by atoms with E-state index in [4.69, 9.17) is 9.47 Å². The van der Waals surface area contributed by atoms with Crippen LogP contribution in [0.2, 0.25) is 0 Å². The molecule has 124 valence electrons. The lowest BCUT2D eigenvalue weighted by Gasteiger charge is -2.03. The van der Waals surface area contributed by atoms with E-state index in [9.17, 15) is 14.7 Å². The van der Waals surface area contributed by atoms with Gasteiger partial charge in [-0.15, -0.1) is 11.3 Å². The molecule has 0 fully saturated rings. The van der Waals surface area contributed by atoms with Crippen LogP contribution in [-0.2, 0) is 9.47 Å². The lowest BCUT2D eigenvalue weighted by Crippen LogP contribution is -2.24. The summed E-state index contributed by atoms with van der Waals surface area (Å²) in [5, 5.41) is 12.7. The summed E-state index contributed by atoms with van der Waals surface area (Å²) in [6.07, 6.45) is 2.39. The van der Waals surface area contributed by atoms with E-state index in [0.29, 0.717) is 31.7 Å². The zero-order valence-corrected chi connectivity index (χ0v) is 14.0. The van der Waals surface area contributed by atoms with Crippen LogP contribution < -0.4 is 5.32 Å². The summed E-state index contributed by atoms with van der Waals surface area (Å²) in [5.41, 5.74) is 0.383. The molecule has 2 N–H and O–H groups in total. The molecule has 0 aliphatic carbocycles. The molecule has 1 amide bonds. The second-order valence-electron chi connectivity index (χ2n) is 4.83. The summed E-state index contributed by atoms with van der Waals surface area (Å²) in [7, 11) is 1.59. The molecule has 1 aromatic heterocycles. The van der Waals surface area contributed by atoms with Crippen molar-refractivity contribution in [1.29, 1.82) is 0 Å². The SMILES string of the molecule is CCCCOC(=O)c1sc(C(=O)NCCCOC)c(O)c1C. The monoisotopic (exact) mass is 329 g/mol. The van der Waals surface area contributed by atoms with Gasteiger partial charge in [0.25, 0.3) is 5.91 Å². The summed E-state index contributed by atoms with van der Waals surface area (Å²) < 4.78 is 10.0. The molecule has 22 heavy (non-hydrogen) atoms. The predicted molar refractivity (Wildman–Crippen MR) is 84.7 cm³/mol. The van der Waals surface area contributed by atoms with Gasteiger partial charge in [0.05, 0.1) is 6.61 Å². The first-order chi connectivity index (χ1) is 10.5. The van der Waals surface area contributed by atoms with Gasteiger partial charge in [0.1, 0.15) is 15.5 Å². The fourth-order valence-corrected chi connectivity index (χ4v) is 2.74. The molecule has 1 aromatic rings. The molecule has 0 aliphatic rings. The smallest absolute Gasteiger partial charge is 0.348 e. The predicted octanol–water partition coefficient (Wildman–Crippen LogP) is 2.49. The van der Waals surface area contributed by atoms with E-state index < -0.39 is 11.9 Å². The summed E-state index contributed by atoms with van der Waals surface area (Å²) in [5.74, 6) is -1.05. The Labute approximate surface area is 134 Å². The lowest BCUT2D eigenvalue weighted by molar-refractivity contribution is 0.0504. The number of hydrogen-bond donors (Lipinski definition) is 2. The highest BCUT2D eigenvalue weighted by Crippen LogP contribution is 2.34. The number of ether oxygens (including phenoxy) is 2. The minimum Gasteiger partial charge on any atom is -0.506 e. The largest absolute Gasteiger partial charge is 0.506 e. The van der Waals surface area contributed by atoms with Crippen LogP contribution in [0.3, 0.4) is 0 Å². The van der Waals surface area contributed by atoms with E-state index in [2.05, 4.69) is 5.32 Å². The molecule has 0 saturated heterocycles. The van der Waals surface area contributed by atoms with Crippen molar-refractivity contribution < 1.29 is 24.2 Å². The van der Waals surface area contributed by atoms with Crippen LogP contribution in [0, 0.1) is 6.92 Å². The topological polar surface area (TPSA) is 84.9 Å². The van der Waals surface area contributed by atoms with Crippen molar-refractivity contribution in [3.8, 4) is 5.75 Å². The molecule has 0 spiro atoms. The fourth-order valence-electron chi connectivity index (χ4n) is 1.73. The highest BCUT2D eigenvalue weighted by Gasteiger charge is 2.24. The van der Waals surface area contributed by atoms with Crippen molar-refractivity contribution in [3.05, 3.63) is 15.3 Å². The maximum atomic E-state index is 12.0. The van der Waals surface area contributed by atoms with Crippen LogP contribution in [0.4, 0.5) is 0 Å². The van der Waals surface area contributed by atoms with Gasteiger partial charge in [-0.25, -0.2) is 4.79 Å². The maximum absolute atomic E-state index is 12.0. The Hall–Kier alpha value is -1.60. The molecule has 1 heterocycles. The number of thiophene rings is 1. The van der Waals surface area contributed by atoms with Gasteiger partial charge in [-0.3, -0.25) is 4.79 Å². The van der Waals surface area contributed by atoms with E-state index in [-0.39, 0.29) is 15.5 Å². The van der Waals surface area contributed by atoms with E-state index in [1.807, 2.05) is 6.92 Å². The number of rotatable bonds is 9. The Bertz CT molecular complexity index is 512. The molecule has 0 atom stereocenters. The third-order valence-electron chi connectivity index (χ3n) is 3.05. The number of carbonyl (C=O) groups is 2. The Morgan fingerprint density at radius 1 is 1.23 bits per heavy atom. The minimum atomic E-state index is -0.496. The van der Waals surface area contributed by atoms with E-state index >= 15 is 0 Å². The Kier molecular flexibility index (Phi) is 7.90. The van der Waals surface area contributed by atoms with Gasteiger partial charge in [-0.1, -0.05) is 13.3 Å². The summed E-state index contributed by atoms with van der Waals surface area (Å²) in [4.78, 5) is 24.4. The van der Waals surface area contributed by atoms with E-state index in [0.717, 1.165) is 24.2 Å². The van der Waals surface area contributed by atoms with Crippen molar-refractivity contribution in [2.75, 3.05) is 26.9 Å². The molecule has 0 unspecified atom stereocenters. The normalized spacial score (nSPS) is 10.5. The highest BCUT2D eigenvalue weighted by atomic mass is 32.1. The van der Waals surface area contributed by atoms with Crippen molar-refractivity contribution in [2.24, 2.45) is 0 Å². The first-order valence-corrected chi connectivity index (χ1v) is 8.11. The Morgan fingerprint density at radius 2 is 1.95 bits per heavy atom. The van der Waals surface area contributed by atoms with Gasteiger partial charge in [0, 0.05) is 25.8 Å². The molecule has 0 saturated carbocycles. The summed E-state index contributed by atoms with van der Waals surface area (Å²) >= 11 is 0.956. The average molecular weight is 329 g/mol. The quantitative estimate of drug-likeness (QED) is 0.537. The molecule has 0 radical (unpaired) electrons. The van der Waals surface area contributed by atoms with Crippen molar-refractivity contribution in [2.45, 2.75) is 33.1 Å². The van der Waals surface area contributed by atoms with Gasteiger partial charge < -0.3 is 19.9 Å². The summed E-state index contributed by atoms with van der Waals surface area (Å²) in [6, 6.07) is 0. The molecular formula is C15H23NO5S. The van der Waals surface area contributed by atoms with Crippen LogP contribution >= 0.6 is 11.3 Å². The van der Waals surface area contributed by atoms with Crippen molar-refractivity contribution >= 4 is 23.2 Å². The Balaban J connectivity index is 2.71. The lowest BCUT2D eigenvalue weighted by atomic mass is 10.2. The number of aromatic hydroxyl groups is 1. The van der Waals surface area contributed by atoms with Gasteiger partial charge in [-0.05, 0) is 19.8 Å². The third-order valence-corrected chi connectivity index (χ3v) is 4.31. The van der Waals surface area contributed by atoms with Crippen LogP contribution in [0.15, 0.2) is 0 Å². The maximum Gasteiger partial charge on any atom is 0.348 e. The molecule has 0 aromatic carbocycles. The standard InChI is InChI=1S/C15H23NO5S/c1-4-5-9-21-15(19)12-10(2)11(17)13(22-12)14(18)16-7-6-8-20-3/h17H,4-9H2,1-3H3,(H,16,18). The van der Waals surface area contributed by atoms with Crippen molar-refractivity contribution in [1.82, 2.24) is 5.32 Å². The minimum absolute atomic E-state index is 0.136. The zero-order chi connectivity index (χ0) is 16.5. The third kappa shape index (κ3) is 4.99. The first-order valence-electron chi connectivity index (χ1n) is 7.29. The van der Waals surface area contributed by atoms with Crippen LogP contribution in [-0.4, -0.2) is 43.9 Å². The van der Waals surface area contributed by atoms with Gasteiger partial charge in [0.2, 0.25) is 0 Å². The number of nitrogens with one attached hydrogen (secondary N) is 1. The summed E-state index contributed by atoms with van der Waals surface area (Å²) in [6.45, 7) is 4.93. The Morgan fingerprint density at radius 3 is 2.59 bits per heavy atom. The van der Waals surface area contributed by atoms with Crippen LogP contribution in [0.25, 0.3) is 0 Å². The molecule has 0 bridgehead atoms. The molecule has 0 aliphatic heterocycles. The number of unbranched alkanes of at least 4 members (excludes halogenated alkanes) is 1. The number of esters is 1. The van der Waals surface area contributed by atoms with Crippen LogP contribution in [0.1, 0.15) is 51.1 Å². The second-order valence-corrected chi connectivity index (χ2v) is 5.85. The molecule has 1 rings (SSSR count). The second kappa shape index (κ2) is 9.42. The van der Waals surface area contributed by atoms with E-state index in [1.54, 1.807) is 14.0 Å².